The van der Waals surface area contributed by atoms with E-state index in [-0.39, 0.29) is 0 Å². The zero-order valence-corrected chi connectivity index (χ0v) is 9.28. The molecule has 0 heterocycles. The van der Waals surface area contributed by atoms with Crippen molar-refractivity contribution in [3.8, 4) is 0 Å². The number of hydrogen-bond acceptors (Lipinski definition) is 2. The van der Waals surface area contributed by atoms with Gasteiger partial charge in [0.2, 0.25) is 0 Å². The molecule has 2 aliphatic carbocycles. The van der Waals surface area contributed by atoms with Crippen LogP contribution in [0.4, 0.5) is 0 Å². The van der Waals surface area contributed by atoms with Crippen LogP contribution in [0.2, 0.25) is 0 Å². The van der Waals surface area contributed by atoms with Gasteiger partial charge in [0.1, 0.15) is 0 Å². The van der Waals surface area contributed by atoms with Crippen LogP contribution in [0.3, 0.4) is 0 Å². The first kappa shape index (κ1) is 10.4. The lowest BCUT2D eigenvalue weighted by atomic mass is 9.86. The maximum absolute atomic E-state index is 8.79. The van der Waals surface area contributed by atoms with Gasteiger partial charge >= 0.3 is 0 Å². The fourth-order valence-electron chi connectivity index (χ4n) is 3.40. The van der Waals surface area contributed by atoms with Gasteiger partial charge in [-0.1, -0.05) is 6.42 Å². The average molecular weight is 197 g/mol. The molecular formula is C12H23NO. The molecule has 0 aromatic rings. The number of rotatable bonds is 5. The molecule has 0 aliphatic heterocycles. The monoisotopic (exact) mass is 197 g/mol. The molecule has 0 radical (unpaired) electrons. The number of likely N-dealkylation sites (N-methyl/N-ethyl adjacent to an activating group) is 1. The highest BCUT2D eigenvalue weighted by Gasteiger charge is 2.38. The van der Waals surface area contributed by atoms with Gasteiger partial charge in [-0.2, -0.15) is 0 Å². The highest BCUT2D eigenvalue weighted by molar-refractivity contribution is 4.90. The molecule has 2 aliphatic rings. The van der Waals surface area contributed by atoms with E-state index in [2.05, 4.69) is 11.9 Å². The highest BCUT2D eigenvalue weighted by Crippen LogP contribution is 2.49. The predicted molar refractivity (Wildman–Crippen MR) is 58.1 cm³/mol. The van der Waals surface area contributed by atoms with E-state index in [1.165, 1.54) is 38.6 Å². The van der Waals surface area contributed by atoms with E-state index in [1.807, 2.05) is 0 Å². The first-order chi connectivity index (χ1) is 6.79. The van der Waals surface area contributed by atoms with E-state index in [9.17, 15) is 0 Å². The molecule has 0 spiro atoms. The Morgan fingerprint density at radius 2 is 2.07 bits per heavy atom. The molecule has 2 bridgehead atoms. The van der Waals surface area contributed by atoms with Crippen molar-refractivity contribution in [1.82, 2.24) is 4.90 Å². The summed E-state index contributed by atoms with van der Waals surface area (Å²) < 4.78 is 0. The third-order valence-corrected chi connectivity index (χ3v) is 4.25. The molecule has 3 unspecified atom stereocenters. The van der Waals surface area contributed by atoms with E-state index < -0.39 is 0 Å². The molecule has 82 valence electrons. The van der Waals surface area contributed by atoms with Crippen LogP contribution in [0.15, 0.2) is 0 Å². The second-order valence-corrected chi connectivity index (χ2v) is 5.25. The topological polar surface area (TPSA) is 23.5 Å². The molecular weight excluding hydrogens is 174 g/mol. The van der Waals surface area contributed by atoms with Gasteiger partial charge < -0.3 is 10.0 Å². The Labute approximate surface area is 87.3 Å². The molecule has 2 fully saturated rings. The number of nitrogens with zero attached hydrogens (tertiary/aromatic N) is 1. The second-order valence-electron chi connectivity index (χ2n) is 5.25. The van der Waals surface area contributed by atoms with E-state index in [0.29, 0.717) is 6.61 Å². The number of aliphatic hydroxyl groups is 1. The minimum atomic E-state index is 0.299. The van der Waals surface area contributed by atoms with E-state index >= 15 is 0 Å². The van der Waals surface area contributed by atoms with Gasteiger partial charge in [-0.25, -0.2) is 0 Å². The number of hydrogen-bond donors (Lipinski definition) is 1. The minimum Gasteiger partial charge on any atom is -0.395 e. The maximum Gasteiger partial charge on any atom is 0.0558 e. The normalized spacial score (nSPS) is 35.8. The van der Waals surface area contributed by atoms with E-state index in [1.54, 1.807) is 0 Å². The summed E-state index contributed by atoms with van der Waals surface area (Å²) in [5, 5.41) is 8.79. The third-order valence-electron chi connectivity index (χ3n) is 4.25. The Morgan fingerprint density at radius 1 is 1.21 bits per heavy atom. The van der Waals surface area contributed by atoms with Crippen molar-refractivity contribution in [1.29, 1.82) is 0 Å². The second kappa shape index (κ2) is 4.63. The first-order valence-electron chi connectivity index (χ1n) is 6.09. The predicted octanol–water partition coefficient (Wildman–Crippen LogP) is 1.74. The Bertz CT molecular complexity index is 183. The van der Waals surface area contributed by atoms with E-state index in [4.69, 9.17) is 5.11 Å². The first-order valence-corrected chi connectivity index (χ1v) is 6.09. The lowest BCUT2D eigenvalue weighted by Crippen LogP contribution is -2.26. The quantitative estimate of drug-likeness (QED) is 0.725. The maximum atomic E-state index is 8.79. The fraction of sp³-hybridized carbons (Fsp3) is 1.00. The van der Waals surface area contributed by atoms with Gasteiger partial charge in [0, 0.05) is 6.54 Å². The SMILES string of the molecule is CN(CCO)CCC1CC2CCC1C2. The van der Waals surface area contributed by atoms with Crippen molar-refractivity contribution >= 4 is 0 Å². The number of aliphatic hydroxyl groups excluding tert-OH is 1. The van der Waals surface area contributed by atoms with Gasteiger partial charge in [-0.15, -0.1) is 0 Å². The third kappa shape index (κ3) is 2.29. The Morgan fingerprint density at radius 3 is 2.64 bits per heavy atom. The molecule has 0 amide bonds. The van der Waals surface area contributed by atoms with Crippen molar-refractivity contribution in [2.24, 2.45) is 17.8 Å². The summed E-state index contributed by atoms with van der Waals surface area (Å²) in [6.45, 7) is 2.31. The van der Waals surface area contributed by atoms with Gasteiger partial charge in [-0.3, -0.25) is 0 Å². The van der Waals surface area contributed by atoms with Crippen LogP contribution in [0.25, 0.3) is 0 Å². The molecule has 14 heavy (non-hydrogen) atoms. The van der Waals surface area contributed by atoms with Crippen LogP contribution in [0.1, 0.15) is 32.1 Å². The van der Waals surface area contributed by atoms with Crippen molar-refractivity contribution in [2.45, 2.75) is 32.1 Å². The summed E-state index contributed by atoms with van der Waals surface area (Å²) in [7, 11) is 2.11. The molecule has 3 atom stereocenters. The molecule has 1 N–H and O–H groups in total. The molecule has 2 rings (SSSR count). The van der Waals surface area contributed by atoms with Crippen LogP contribution in [0, 0.1) is 17.8 Å². The standard InChI is InChI=1S/C12H23NO/c1-13(6-7-14)5-4-12-9-10-2-3-11(12)8-10/h10-12,14H,2-9H2,1H3. The van der Waals surface area contributed by atoms with Gasteiger partial charge in [0.25, 0.3) is 0 Å². The van der Waals surface area contributed by atoms with Crippen LogP contribution in [0.5, 0.6) is 0 Å². The van der Waals surface area contributed by atoms with Crippen LogP contribution in [-0.2, 0) is 0 Å². The summed E-state index contributed by atoms with van der Waals surface area (Å²) in [4.78, 5) is 2.26. The van der Waals surface area contributed by atoms with Crippen LogP contribution in [-0.4, -0.2) is 36.8 Å². The van der Waals surface area contributed by atoms with Crippen molar-refractivity contribution in [3.63, 3.8) is 0 Å². The average Bonchev–Trinajstić information content (AvgIpc) is 2.76. The summed E-state index contributed by atoms with van der Waals surface area (Å²) >= 11 is 0. The minimum absolute atomic E-state index is 0.299. The Kier molecular flexibility index (Phi) is 3.45. The number of fused-ring (bicyclic) bond motifs is 2. The largest absolute Gasteiger partial charge is 0.395 e. The van der Waals surface area contributed by atoms with Crippen LogP contribution < -0.4 is 0 Å². The molecule has 0 saturated heterocycles. The summed E-state index contributed by atoms with van der Waals surface area (Å²) in [6, 6.07) is 0. The van der Waals surface area contributed by atoms with E-state index in [0.717, 1.165) is 24.3 Å². The molecule has 0 aromatic heterocycles. The highest BCUT2D eigenvalue weighted by atomic mass is 16.3. The zero-order chi connectivity index (χ0) is 9.97. The lowest BCUT2D eigenvalue weighted by molar-refractivity contribution is 0.201. The zero-order valence-electron chi connectivity index (χ0n) is 9.28. The smallest absolute Gasteiger partial charge is 0.0558 e. The lowest BCUT2D eigenvalue weighted by Gasteiger charge is -2.24. The molecule has 0 aromatic carbocycles. The molecule has 2 saturated carbocycles. The fourth-order valence-corrected chi connectivity index (χ4v) is 3.40. The molecule has 2 heteroatoms. The summed E-state index contributed by atoms with van der Waals surface area (Å²) in [5.41, 5.74) is 0. The van der Waals surface area contributed by atoms with Gasteiger partial charge in [0.05, 0.1) is 6.61 Å². The van der Waals surface area contributed by atoms with Gasteiger partial charge in [-0.05, 0) is 57.0 Å². The van der Waals surface area contributed by atoms with Crippen molar-refractivity contribution in [2.75, 3.05) is 26.7 Å². The Balaban J connectivity index is 1.66. The molecule has 2 nitrogen and oxygen atoms in total. The summed E-state index contributed by atoms with van der Waals surface area (Å²) in [6.07, 6.45) is 7.39. The van der Waals surface area contributed by atoms with Gasteiger partial charge in [0.15, 0.2) is 0 Å². The summed E-state index contributed by atoms with van der Waals surface area (Å²) in [5.74, 6) is 3.14. The Hall–Kier alpha value is -0.0800. The van der Waals surface area contributed by atoms with Crippen LogP contribution >= 0.6 is 0 Å². The van der Waals surface area contributed by atoms with Crippen molar-refractivity contribution < 1.29 is 5.11 Å². The van der Waals surface area contributed by atoms with Crippen molar-refractivity contribution in [3.05, 3.63) is 0 Å².